The highest BCUT2D eigenvalue weighted by atomic mass is 16.6. The molecule has 3 aliphatic rings. The summed E-state index contributed by atoms with van der Waals surface area (Å²) in [5.74, 6) is 0.213. The van der Waals surface area contributed by atoms with Gasteiger partial charge in [-0.1, -0.05) is 12.8 Å². The van der Waals surface area contributed by atoms with E-state index in [1.165, 1.54) is 36.8 Å². The van der Waals surface area contributed by atoms with Crippen molar-refractivity contribution in [1.82, 2.24) is 10.3 Å². The van der Waals surface area contributed by atoms with Crippen molar-refractivity contribution in [2.45, 2.75) is 44.9 Å². The second-order valence-corrected chi connectivity index (χ2v) is 7.29. The Morgan fingerprint density at radius 1 is 0.960 bits per heavy atom. The maximum Gasteiger partial charge on any atom is 0.347 e. The zero-order chi connectivity index (χ0) is 17.2. The number of aryl methyl sites for hydroxylation is 2. The second kappa shape index (κ2) is 7.39. The van der Waals surface area contributed by atoms with E-state index in [-0.39, 0.29) is 16.2 Å². The molecule has 1 aromatic carbocycles. The van der Waals surface area contributed by atoms with E-state index in [1.807, 2.05) is 12.1 Å². The van der Waals surface area contributed by atoms with Gasteiger partial charge in [0.1, 0.15) is 0 Å². The highest BCUT2D eigenvalue weighted by molar-refractivity contribution is 5.76. The second-order valence-electron chi connectivity index (χ2n) is 7.29. The summed E-state index contributed by atoms with van der Waals surface area (Å²) < 4.78 is 0. The predicted molar refractivity (Wildman–Crippen MR) is 96.8 cm³/mol. The smallest absolute Gasteiger partial charge is 0.347 e. The number of nitrogens with one attached hydrogen (secondary N) is 3. The Hall–Kier alpha value is -1.51. The lowest BCUT2D eigenvalue weighted by molar-refractivity contribution is -0.851. The first kappa shape index (κ1) is 16.9. The third-order valence-electron chi connectivity index (χ3n) is 5.55. The van der Waals surface area contributed by atoms with Crippen LogP contribution in [0.2, 0.25) is 0 Å². The molecule has 7 heteroatoms. The minimum Gasteiger partial charge on any atom is -0.621 e. The van der Waals surface area contributed by atoms with Crippen molar-refractivity contribution in [3.8, 4) is 0 Å². The zero-order valence-electron chi connectivity index (χ0n) is 14.6. The van der Waals surface area contributed by atoms with Gasteiger partial charge in [-0.3, -0.25) is 5.06 Å². The van der Waals surface area contributed by atoms with Crippen LogP contribution in [0.1, 0.15) is 43.2 Å². The number of likely N-dealkylation sites (tertiary alicyclic amines) is 1. The SMILES string of the molecule is [O-][NH+]1NC(=NCCN2CCCCCC2)[NH+]([O-])c2cc3c(cc21)CCC3. The van der Waals surface area contributed by atoms with Gasteiger partial charge in [0.15, 0.2) is 0 Å². The fourth-order valence-corrected chi connectivity index (χ4v) is 4.13. The number of guanidine groups is 1. The molecule has 0 spiro atoms. The highest BCUT2D eigenvalue weighted by Gasteiger charge is 2.31. The van der Waals surface area contributed by atoms with Gasteiger partial charge in [0.2, 0.25) is 11.4 Å². The Morgan fingerprint density at radius 3 is 2.36 bits per heavy atom. The summed E-state index contributed by atoms with van der Waals surface area (Å²) in [6.07, 6.45) is 8.20. The van der Waals surface area contributed by atoms with Crippen LogP contribution in [0.4, 0.5) is 11.4 Å². The number of hydroxylamine groups is 1. The number of rotatable bonds is 3. The lowest BCUT2D eigenvalue weighted by atomic mass is 10.1. The molecule has 0 radical (unpaired) electrons. The molecule has 2 heterocycles. The summed E-state index contributed by atoms with van der Waals surface area (Å²) in [5.41, 5.74) is 6.17. The number of benzene rings is 1. The van der Waals surface area contributed by atoms with Crippen LogP contribution in [0.15, 0.2) is 17.1 Å². The van der Waals surface area contributed by atoms with E-state index < -0.39 is 0 Å². The van der Waals surface area contributed by atoms with Crippen LogP contribution < -0.4 is 15.7 Å². The largest absolute Gasteiger partial charge is 0.621 e. The van der Waals surface area contributed by atoms with Gasteiger partial charge in [-0.15, -0.1) is 0 Å². The molecule has 3 N–H and O–H groups in total. The Kier molecular flexibility index (Phi) is 5.00. The molecule has 0 bridgehead atoms. The molecule has 1 aliphatic carbocycles. The first-order valence-electron chi connectivity index (χ1n) is 9.51. The third-order valence-corrected chi connectivity index (χ3v) is 5.55. The topological polar surface area (TPSA) is 82.6 Å². The fraction of sp³-hybridized carbons (Fsp3) is 0.611. The first-order valence-corrected chi connectivity index (χ1v) is 9.51. The van der Waals surface area contributed by atoms with Crippen LogP contribution >= 0.6 is 0 Å². The van der Waals surface area contributed by atoms with E-state index >= 15 is 0 Å². The summed E-state index contributed by atoms with van der Waals surface area (Å²) in [4.78, 5) is 6.84. The highest BCUT2D eigenvalue weighted by Crippen LogP contribution is 2.28. The molecule has 0 saturated carbocycles. The summed E-state index contributed by atoms with van der Waals surface area (Å²) in [6, 6.07) is 3.82. The van der Waals surface area contributed by atoms with Crippen LogP contribution in [-0.4, -0.2) is 37.0 Å². The molecule has 1 aromatic rings. The van der Waals surface area contributed by atoms with Crippen molar-refractivity contribution < 1.29 is 10.2 Å². The minimum absolute atomic E-state index is 0.139. The molecular formula is C18H27N5O2. The number of quaternary nitrogens is 2. The zero-order valence-corrected chi connectivity index (χ0v) is 14.6. The van der Waals surface area contributed by atoms with Crippen LogP contribution in [-0.2, 0) is 12.8 Å². The van der Waals surface area contributed by atoms with Crippen molar-refractivity contribution in [3.63, 3.8) is 0 Å². The lowest BCUT2D eigenvalue weighted by Gasteiger charge is -2.35. The normalized spacial score (nSPS) is 28.3. The predicted octanol–water partition coefficient (Wildman–Crippen LogP) is -0.0461. The van der Waals surface area contributed by atoms with Crippen LogP contribution in [0, 0.1) is 10.4 Å². The van der Waals surface area contributed by atoms with Gasteiger partial charge in [-0.2, -0.15) is 5.43 Å². The number of fused-ring (bicyclic) bond motifs is 2. The van der Waals surface area contributed by atoms with E-state index in [2.05, 4.69) is 15.3 Å². The molecule has 25 heavy (non-hydrogen) atoms. The average Bonchev–Trinajstić information content (AvgIpc) is 2.92. The maximum atomic E-state index is 12.7. The summed E-state index contributed by atoms with van der Waals surface area (Å²) in [7, 11) is 0. The monoisotopic (exact) mass is 345 g/mol. The van der Waals surface area contributed by atoms with Crippen molar-refractivity contribution in [1.29, 1.82) is 0 Å². The van der Waals surface area contributed by atoms with Gasteiger partial charge >= 0.3 is 5.96 Å². The molecule has 136 valence electrons. The standard InChI is InChI=1S/C18H27N5O2/c24-22-16-12-14-6-5-7-15(14)13-17(16)23(25)20-18(22)19-8-11-21-9-3-1-2-4-10-21/h12-13,22-23H,1-11H2,(H,19,20). The number of aliphatic imine (C=N–C) groups is 1. The fourth-order valence-electron chi connectivity index (χ4n) is 4.13. The molecule has 0 aromatic heterocycles. The summed E-state index contributed by atoms with van der Waals surface area (Å²) in [6.45, 7) is 3.63. The van der Waals surface area contributed by atoms with Gasteiger partial charge < -0.3 is 15.3 Å². The molecule has 2 aliphatic heterocycles. The van der Waals surface area contributed by atoms with Gasteiger partial charge in [0.05, 0.1) is 6.54 Å². The Bertz CT molecular complexity index is 655. The molecule has 0 amide bonds. The maximum absolute atomic E-state index is 12.7. The van der Waals surface area contributed by atoms with Crippen molar-refractivity contribution in [3.05, 3.63) is 33.7 Å². The minimum atomic E-state index is -0.196. The van der Waals surface area contributed by atoms with Gasteiger partial charge in [-0.05, 0) is 56.3 Å². The van der Waals surface area contributed by atoms with Gasteiger partial charge in [0, 0.05) is 18.7 Å². The summed E-state index contributed by atoms with van der Waals surface area (Å²) in [5, 5.41) is 24.8. The van der Waals surface area contributed by atoms with E-state index in [4.69, 9.17) is 0 Å². The van der Waals surface area contributed by atoms with Gasteiger partial charge in [-0.25, -0.2) is 10.2 Å². The van der Waals surface area contributed by atoms with E-state index in [0.717, 1.165) is 38.9 Å². The number of hydrogen-bond donors (Lipinski definition) is 3. The van der Waals surface area contributed by atoms with Crippen LogP contribution in [0.3, 0.4) is 0 Å². The quantitative estimate of drug-likeness (QED) is 0.671. The lowest BCUT2D eigenvalue weighted by Crippen LogP contribution is -3.24. The van der Waals surface area contributed by atoms with Crippen molar-refractivity contribution in [2.24, 2.45) is 4.99 Å². The van der Waals surface area contributed by atoms with Gasteiger partial charge in [0.25, 0.3) is 0 Å². The Balaban J connectivity index is 1.46. The average molecular weight is 345 g/mol. The van der Waals surface area contributed by atoms with Crippen molar-refractivity contribution in [2.75, 3.05) is 26.2 Å². The molecule has 1 saturated heterocycles. The Labute approximate surface area is 148 Å². The van der Waals surface area contributed by atoms with Crippen molar-refractivity contribution >= 4 is 17.3 Å². The first-order chi connectivity index (χ1) is 12.2. The van der Waals surface area contributed by atoms with E-state index in [0.29, 0.717) is 17.9 Å². The molecule has 2 atom stereocenters. The number of hydrogen-bond acceptors (Lipinski definition) is 4. The number of nitrogens with zero attached hydrogens (tertiary/aromatic N) is 2. The third kappa shape index (κ3) is 3.56. The molecule has 7 nitrogen and oxygen atoms in total. The molecule has 2 unspecified atom stereocenters. The Morgan fingerprint density at radius 2 is 1.64 bits per heavy atom. The van der Waals surface area contributed by atoms with E-state index in [9.17, 15) is 10.4 Å². The molecule has 4 rings (SSSR count). The molecule has 1 fully saturated rings. The molecular weight excluding hydrogens is 318 g/mol. The summed E-state index contributed by atoms with van der Waals surface area (Å²) >= 11 is 0. The van der Waals surface area contributed by atoms with Crippen LogP contribution in [0.5, 0.6) is 0 Å². The van der Waals surface area contributed by atoms with E-state index in [1.54, 1.807) is 0 Å². The van der Waals surface area contributed by atoms with Crippen LogP contribution in [0.25, 0.3) is 0 Å².